The first kappa shape index (κ1) is 15.7. The minimum absolute atomic E-state index is 0.0611. The van der Waals surface area contributed by atoms with E-state index in [9.17, 15) is 20.1 Å². The second-order valence-corrected chi connectivity index (χ2v) is 4.13. The first-order valence-corrected chi connectivity index (χ1v) is 5.86. The van der Waals surface area contributed by atoms with Gasteiger partial charge in [0.25, 0.3) is 0 Å². The molecule has 106 valence electrons. The molecule has 0 spiro atoms. The monoisotopic (exact) mass is 270 g/mol. The second kappa shape index (κ2) is 7.98. The van der Waals surface area contributed by atoms with Crippen molar-refractivity contribution in [1.29, 1.82) is 0 Å². The van der Waals surface area contributed by atoms with Crippen LogP contribution in [0.2, 0.25) is 0 Å². The van der Waals surface area contributed by atoms with E-state index in [4.69, 9.17) is 9.84 Å². The lowest BCUT2D eigenvalue weighted by Crippen LogP contribution is -2.47. The molecule has 0 saturated carbocycles. The highest BCUT2D eigenvalue weighted by Crippen LogP contribution is 2.12. The van der Waals surface area contributed by atoms with Crippen molar-refractivity contribution < 1.29 is 30.0 Å². The number of hydrogen-bond acceptors (Lipinski definition) is 6. The number of carbonyl (C=O) groups excluding carboxylic acids is 1. The van der Waals surface area contributed by atoms with Gasteiger partial charge in [-0.15, -0.1) is 0 Å². The Morgan fingerprint density at radius 1 is 1.16 bits per heavy atom. The van der Waals surface area contributed by atoms with Crippen molar-refractivity contribution in [2.45, 2.75) is 31.0 Å². The van der Waals surface area contributed by atoms with Crippen LogP contribution < -0.4 is 0 Å². The summed E-state index contributed by atoms with van der Waals surface area (Å²) in [7, 11) is 0. The van der Waals surface area contributed by atoms with Crippen LogP contribution in [0.4, 0.5) is 0 Å². The minimum Gasteiger partial charge on any atom is -0.394 e. The number of carbonyl (C=O) groups is 1. The number of aliphatic hydroxyl groups excluding tert-OH is 4. The predicted octanol–water partition coefficient (Wildman–Crippen LogP) is -1.15. The Morgan fingerprint density at radius 2 is 1.79 bits per heavy atom. The molecule has 0 radical (unpaired) electrons. The molecular weight excluding hydrogens is 252 g/mol. The highest BCUT2D eigenvalue weighted by atomic mass is 16.5. The van der Waals surface area contributed by atoms with Crippen molar-refractivity contribution in [2.24, 2.45) is 0 Å². The summed E-state index contributed by atoms with van der Waals surface area (Å²) in [6.45, 7) is -0.635. The normalized spacial score (nSPS) is 17.5. The van der Waals surface area contributed by atoms with Gasteiger partial charge in [-0.3, -0.25) is 0 Å². The van der Waals surface area contributed by atoms with Crippen LogP contribution in [0.5, 0.6) is 0 Å². The maximum absolute atomic E-state index is 10.6. The molecule has 4 atom stereocenters. The lowest BCUT2D eigenvalue weighted by Gasteiger charge is -2.27. The van der Waals surface area contributed by atoms with Gasteiger partial charge in [0.2, 0.25) is 0 Å². The summed E-state index contributed by atoms with van der Waals surface area (Å²) >= 11 is 0. The fourth-order valence-corrected chi connectivity index (χ4v) is 1.57. The molecule has 0 aromatic heterocycles. The van der Waals surface area contributed by atoms with Gasteiger partial charge in [0, 0.05) is 0 Å². The van der Waals surface area contributed by atoms with E-state index in [1.165, 1.54) is 0 Å². The zero-order valence-electron chi connectivity index (χ0n) is 10.3. The van der Waals surface area contributed by atoms with Crippen LogP contribution in [-0.4, -0.2) is 57.7 Å². The Morgan fingerprint density at radius 3 is 2.32 bits per heavy atom. The molecule has 6 heteroatoms. The number of rotatable bonds is 8. The van der Waals surface area contributed by atoms with Gasteiger partial charge in [0.05, 0.1) is 13.2 Å². The third-order valence-electron chi connectivity index (χ3n) is 2.68. The fourth-order valence-electron chi connectivity index (χ4n) is 1.57. The molecule has 4 N–H and O–H groups in total. The zero-order valence-corrected chi connectivity index (χ0v) is 10.3. The summed E-state index contributed by atoms with van der Waals surface area (Å²) in [5, 5.41) is 37.3. The molecule has 0 fully saturated rings. The SMILES string of the molecule is O=C[C@H](O)[C@@H](OCc1ccccc1)[C@H](O)[C@@H](O)CO. The Bertz CT molecular complexity index is 369. The van der Waals surface area contributed by atoms with Gasteiger partial charge in [-0.1, -0.05) is 30.3 Å². The first-order chi connectivity index (χ1) is 9.10. The molecule has 0 bridgehead atoms. The van der Waals surface area contributed by atoms with E-state index >= 15 is 0 Å². The van der Waals surface area contributed by atoms with Crippen LogP contribution in [0.25, 0.3) is 0 Å². The molecule has 19 heavy (non-hydrogen) atoms. The van der Waals surface area contributed by atoms with Gasteiger partial charge >= 0.3 is 0 Å². The zero-order chi connectivity index (χ0) is 14.3. The summed E-state index contributed by atoms with van der Waals surface area (Å²) in [5.74, 6) is 0. The molecule has 1 aromatic carbocycles. The van der Waals surface area contributed by atoms with Crippen molar-refractivity contribution in [3.8, 4) is 0 Å². The van der Waals surface area contributed by atoms with Crippen molar-refractivity contribution in [2.75, 3.05) is 6.61 Å². The quantitative estimate of drug-likeness (QED) is 0.444. The minimum atomic E-state index is -1.58. The van der Waals surface area contributed by atoms with E-state index in [1.54, 1.807) is 24.3 Å². The average Bonchev–Trinajstić information content (AvgIpc) is 2.47. The van der Waals surface area contributed by atoms with E-state index in [-0.39, 0.29) is 12.9 Å². The Labute approximate surface area is 110 Å². The fraction of sp³-hybridized carbons (Fsp3) is 0.462. The molecule has 0 aliphatic rings. The Balaban J connectivity index is 2.67. The largest absolute Gasteiger partial charge is 0.394 e. The maximum Gasteiger partial charge on any atom is 0.151 e. The lowest BCUT2D eigenvalue weighted by molar-refractivity contribution is -0.153. The van der Waals surface area contributed by atoms with Gasteiger partial charge < -0.3 is 30.0 Å². The van der Waals surface area contributed by atoms with E-state index < -0.39 is 31.0 Å². The second-order valence-electron chi connectivity index (χ2n) is 4.13. The molecule has 0 aliphatic heterocycles. The van der Waals surface area contributed by atoms with Crippen molar-refractivity contribution in [3.63, 3.8) is 0 Å². The van der Waals surface area contributed by atoms with Crippen LogP contribution in [0.3, 0.4) is 0 Å². The van der Waals surface area contributed by atoms with Crippen LogP contribution in [-0.2, 0) is 16.1 Å². The van der Waals surface area contributed by atoms with Crippen LogP contribution >= 0.6 is 0 Å². The third-order valence-corrected chi connectivity index (χ3v) is 2.68. The van der Waals surface area contributed by atoms with Gasteiger partial charge in [0.1, 0.15) is 24.4 Å². The standard InChI is InChI=1S/C13H18O6/c14-6-10(16)12(18)13(11(17)7-15)19-8-9-4-2-1-3-5-9/h1-5,7,10-14,16-18H,6,8H2/t10-,11-,12+,13+/m0/s1. The highest BCUT2D eigenvalue weighted by Gasteiger charge is 2.32. The van der Waals surface area contributed by atoms with Gasteiger partial charge in [0.15, 0.2) is 6.29 Å². The summed E-state index contributed by atoms with van der Waals surface area (Å²) in [5.41, 5.74) is 0.788. The number of benzene rings is 1. The van der Waals surface area contributed by atoms with Crippen molar-refractivity contribution >= 4 is 6.29 Å². The van der Waals surface area contributed by atoms with E-state index in [0.29, 0.717) is 0 Å². The van der Waals surface area contributed by atoms with Crippen LogP contribution in [0.15, 0.2) is 30.3 Å². The molecule has 0 unspecified atom stereocenters. The Kier molecular flexibility index (Phi) is 6.61. The van der Waals surface area contributed by atoms with Gasteiger partial charge in [-0.2, -0.15) is 0 Å². The number of aldehydes is 1. The number of aliphatic hydroxyl groups is 4. The van der Waals surface area contributed by atoms with Crippen LogP contribution in [0.1, 0.15) is 5.56 Å². The predicted molar refractivity (Wildman–Crippen MR) is 66.2 cm³/mol. The molecule has 0 aliphatic carbocycles. The first-order valence-electron chi connectivity index (χ1n) is 5.86. The van der Waals surface area contributed by atoms with Crippen molar-refractivity contribution in [3.05, 3.63) is 35.9 Å². The van der Waals surface area contributed by atoms with Crippen LogP contribution in [0, 0.1) is 0 Å². The summed E-state index contributed by atoms with van der Waals surface area (Å²) in [4.78, 5) is 10.6. The molecule has 0 heterocycles. The Hall–Kier alpha value is -1.31. The average molecular weight is 270 g/mol. The van der Waals surface area contributed by atoms with Crippen molar-refractivity contribution in [1.82, 2.24) is 0 Å². The molecule has 0 saturated heterocycles. The molecule has 1 rings (SSSR count). The van der Waals surface area contributed by atoms with E-state index in [2.05, 4.69) is 0 Å². The maximum atomic E-state index is 10.6. The third kappa shape index (κ3) is 4.70. The highest BCUT2D eigenvalue weighted by molar-refractivity contribution is 5.56. The smallest absolute Gasteiger partial charge is 0.151 e. The summed E-state index contributed by atoms with van der Waals surface area (Å²) in [6.07, 6.45) is -5.73. The molecule has 0 amide bonds. The van der Waals surface area contributed by atoms with Gasteiger partial charge in [-0.05, 0) is 5.56 Å². The van der Waals surface area contributed by atoms with E-state index in [1.807, 2.05) is 6.07 Å². The molecular formula is C13H18O6. The topological polar surface area (TPSA) is 107 Å². The summed E-state index contributed by atoms with van der Waals surface area (Å²) < 4.78 is 5.26. The number of hydrogen-bond donors (Lipinski definition) is 4. The lowest BCUT2D eigenvalue weighted by atomic mass is 10.0. The summed E-state index contributed by atoms with van der Waals surface area (Å²) in [6, 6.07) is 8.97. The number of ether oxygens (including phenoxy) is 1. The van der Waals surface area contributed by atoms with Gasteiger partial charge in [-0.25, -0.2) is 0 Å². The molecule has 1 aromatic rings. The molecule has 6 nitrogen and oxygen atoms in total. The van der Waals surface area contributed by atoms with E-state index in [0.717, 1.165) is 5.56 Å².